The number of ether oxygens (including phenoxy) is 1. The number of imide groups is 1. The first-order chi connectivity index (χ1) is 27.8. The summed E-state index contributed by atoms with van der Waals surface area (Å²) in [5, 5.41) is 15.0. The van der Waals surface area contributed by atoms with Crippen molar-refractivity contribution in [1.82, 2.24) is 20.1 Å². The molecule has 0 radical (unpaired) electrons. The summed E-state index contributed by atoms with van der Waals surface area (Å²) in [4.78, 5) is 61.1. The molecule has 0 spiro atoms. The van der Waals surface area contributed by atoms with Gasteiger partial charge in [0, 0.05) is 55.0 Å². The Balaban J connectivity index is 0.00000683. The number of primary amides is 1. The van der Waals surface area contributed by atoms with Crippen molar-refractivity contribution in [2.75, 3.05) is 47.9 Å². The van der Waals surface area contributed by atoms with Gasteiger partial charge in [-0.3, -0.25) is 39.2 Å². The second-order valence-corrected chi connectivity index (χ2v) is 15.9. The van der Waals surface area contributed by atoms with Gasteiger partial charge in [0.05, 0.1) is 17.4 Å². The minimum absolute atomic E-state index is 0. The number of carbonyl (C=O) groups excluding carboxylic acids is 4. The molecule has 60 heavy (non-hydrogen) atoms. The van der Waals surface area contributed by atoms with Crippen molar-refractivity contribution in [1.29, 1.82) is 5.26 Å². The Morgan fingerprint density at radius 3 is 2.53 bits per heavy atom. The number of thiocarbonyl (C=S) groups is 1. The number of anilines is 3. The molecular formula is C40H44Cl2F3N9O5S. The number of benzene rings is 2. The van der Waals surface area contributed by atoms with Gasteiger partial charge in [-0.2, -0.15) is 18.4 Å². The van der Waals surface area contributed by atoms with E-state index < -0.39 is 52.8 Å². The summed E-state index contributed by atoms with van der Waals surface area (Å²) >= 11 is 12.2. The van der Waals surface area contributed by atoms with E-state index in [1.807, 2.05) is 24.8 Å². The zero-order valence-electron chi connectivity index (χ0n) is 33.1. The summed E-state index contributed by atoms with van der Waals surface area (Å²) in [5.74, 6) is -1.24. The Morgan fingerprint density at radius 2 is 1.90 bits per heavy atom. The Hall–Kier alpha value is -5.06. The monoisotopic (exact) mass is 889 g/mol. The SMILES string of the molecule is CCc1cc(N2C(=S)N(c3cnc(C#N)c(C(F)(F)F)c3)C(=O)C2(C)C)ccc1OCCN1CCN(C(C(N)=O)c2cc(Cl)cc(NC3CCC(=O)NC3=O)c2)[C@H](C)C1.Cl. The standard InChI is InChI=1S/C40H43ClF3N9O5S.ClH/c1-5-23-16-27(53-38(59)52(37(57)39(53,3)4)28-18-29(40(42,43)44)31(19-45)47-20-28)6-8-32(23)58-13-12-50-10-11-51(22(2)21-50)34(35(46)55)24-14-25(41)17-26(15-24)48-30-7-9-33(54)49-36(30)56;/h6,8,14-18,20,22,30,34,48H,5,7,9-13,21H2,1-4H3,(H2,46,55)(H,49,54,56);1H/t22-,30?,34?;/m1./s1. The molecule has 2 unspecified atom stereocenters. The van der Waals surface area contributed by atoms with Gasteiger partial charge in [0.1, 0.15) is 36.0 Å². The number of piperidine rings is 1. The fraction of sp³-hybridized carbons (Fsp3) is 0.425. The van der Waals surface area contributed by atoms with Crippen LogP contribution in [-0.4, -0.2) is 93.9 Å². The third kappa shape index (κ3) is 9.45. The normalized spacial score (nSPS) is 20.3. The van der Waals surface area contributed by atoms with Crippen molar-refractivity contribution < 1.29 is 37.1 Å². The van der Waals surface area contributed by atoms with Gasteiger partial charge < -0.3 is 20.7 Å². The highest BCUT2D eigenvalue weighted by Crippen LogP contribution is 2.40. The number of rotatable bonds is 12. The predicted octanol–water partition coefficient (Wildman–Crippen LogP) is 5.35. The number of piperazine rings is 1. The molecule has 0 bridgehead atoms. The number of amides is 4. The van der Waals surface area contributed by atoms with Crippen molar-refractivity contribution in [3.05, 3.63) is 76.1 Å². The summed E-state index contributed by atoms with van der Waals surface area (Å²) in [6.07, 6.45) is -2.74. The van der Waals surface area contributed by atoms with Crippen LogP contribution in [0.15, 0.2) is 48.7 Å². The van der Waals surface area contributed by atoms with E-state index in [-0.39, 0.29) is 41.6 Å². The number of nitrogens with two attached hydrogens (primary N) is 1. The highest BCUT2D eigenvalue weighted by molar-refractivity contribution is 7.81. The molecule has 20 heteroatoms. The number of nitrogens with one attached hydrogen (secondary N) is 2. The van der Waals surface area contributed by atoms with Crippen LogP contribution in [0.5, 0.6) is 5.75 Å². The lowest BCUT2D eigenvalue weighted by Gasteiger charge is -2.43. The smallest absolute Gasteiger partial charge is 0.419 e. The van der Waals surface area contributed by atoms with Crippen LogP contribution in [0.1, 0.15) is 69.0 Å². The summed E-state index contributed by atoms with van der Waals surface area (Å²) in [6.45, 7) is 9.86. The summed E-state index contributed by atoms with van der Waals surface area (Å²) in [5.41, 5.74) is 4.91. The Kier molecular flexibility index (Phi) is 14.0. The van der Waals surface area contributed by atoms with E-state index in [9.17, 15) is 37.6 Å². The fourth-order valence-corrected chi connectivity index (χ4v) is 8.55. The molecule has 0 aliphatic carbocycles. The molecule has 14 nitrogen and oxygen atoms in total. The molecular weight excluding hydrogens is 846 g/mol. The predicted molar refractivity (Wildman–Crippen MR) is 225 cm³/mol. The van der Waals surface area contributed by atoms with Crippen molar-refractivity contribution in [3.63, 3.8) is 0 Å². The quantitative estimate of drug-likeness (QED) is 0.157. The van der Waals surface area contributed by atoms with Crippen LogP contribution in [0.4, 0.5) is 30.2 Å². The van der Waals surface area contributed by atoms with E-state index in [0.717, 1.165) is 16.7 Å². The third-order valence-electron chi connectivity index (χ3n) is 10.7. The third-order valence-corrected chi connectivity index (χ3v) is 11.3. The molecule has 3 fully saturated rings. The lowest BCUT2D eigenvalue weighted by molar-refractivity contribution is -0.138. The van der Waals surface area contributed by atoms with Crippen LogP contribution < -0.4 is 30.9 Å². The van der Waals surface area contributed by atoms with Crippen molar-refractivity contribution in [2.45, 2.75) is 76.8 Å². The first-order valence-electron chi connectivity index (χ1n) is 18.9. The minimum atomic E-state index is -4.87. The van der Waals surface area contributed by atoms with Crippen LogP contribution >= 0.6 is 36.2 Å². The van der Waals surface area contributed by atoms with Crippen LogP contribution in [0.25, 0.3) is 0 Å². The van der Waals surface area contributed by atoms with Crippen molar-refractivity contribution >= 4 is 82.0 Å². The molecule has 4 heterocycles. The lowest BCUT2D eigenvalue weighted by atomic mass is 9.99. The lowest BCUT2D eigenvalue weighted by Crippen LogP contribution is -2.55. The molecule has 4 N–H and O–H groups in total. The number of hydrogen-bond acceptors (Lipinski definition) is 11. The molecule has 2 aromatic carbocycles. The van der Waals surface area contributed by atoms with Gasteiger partial charge in [0.15, 0.2) is 10.8 Å². The molecule has 320 valence electrons. The molecule has 6 rings (SSSR count). The Labute approximate surface area is 361 Å². The zero-order chi connectivity index (χ0) is 43.0. The molecule has 3 aliphatic rings. The van der Waals surface area contributed by atoms with Gasteiger partial charge in [0.25, 0.3) is 5.91 Å². The van der Waals surface area contributed by atoms with Crippen molar-refractivity contribution in [2.24, 2.45) is 5.73 Å². The maximum absolute atomic E-state index is 13.8. The molecule has 1 aromatic heterocycles. The average Bonchev–Trinajstić information content (AvgIpc) is 3.34. The molecule has 3 aromatic rings. The number of aromatic nitrogens is 1. The van der Waals surface area contributed by atoms with Gasteiger partial charge in [0.2, 0.25) is 17.7 Å². The molecule has 3 saturated heterocycles. The Bertz CT molecular complexity index is 2240. The van der Waals surface area contributed by atoms with Gasteiger partial charge in [-0.05, 0) is 99.4 Å². The van der Waals surface area contributed by atoms with E-state index >= 15 is 0 Å². The molecule has 3 atom stereocenters. The largest absolute Gasteiger partial charge is 0.492 e. The number of carbonyl (C=O) groups is 4. The van der Waals surface area contributed by atoms with Crippen molar-refractivity contribution in [3.8, 4) is 11.8 Å². The van der Waals surface area contributed by atoms with Gasteiger partial charge in [-0.1, -0.05) is 18.5 Å². The van der Waals surface area contributed by atoms with E-state index in [0.29, 0.717) is 79.4 Å². The van der Waals surface area contributed by atoms with E-state index in [2.05, 4.69) is 20.5 Å². The van der Waals surface area contributed by atoms with Gasteiger partial charge >= 0.3 is 6.18 Å². The minimum Gasteiger partial charge on any atom is -0.492 e. The van der Waals surface area contributed by atoms with E-state index in [1.54, 1.807) is 49.1 Å². The number of pyridine rings is 1. The van der Waals surface area contributed by atoms with E-state index in [1.165, 1.54) is 6.07 Å². The molecule has 4 amide bonds. The Morgan fingerprint density at radius 1 is 1.17 bits per heavy atom. The number of nitrogens with zero attached hydrogens (tertiary/aromatic N) is 6. The van der Waals surface area contributed by atoms with Crippen LogP contribution in [0.3, 0.4) is 0 Å². The number of alkyl halides is 3. The van der Waals surface area contributed by atoms with Crippen LogP contribution in [0.2, 0.25) is 5.02 Å². The molecule has 0 saturated carbocycles. The van der Waals surface area contributed by atoms with Crippen LogP contribution in [0, 0.1) is 11.3 Å². The average molecular weight is 891 g/mol. The topological polar surface area (TPSA) is 177 Å². The highest BCUT2D eigenvalue weighted by Gasteiger charge is 2.51. The number of halogens is 5. The fourth-order valence-electron chi connectivity index (χ4n) is 7.78. The first kappa shape index (κ1) is 46.0. The molecule has 3 aliphatic heterocycles. The number of hydrogen-bond donors (Lipinski definition) is 3. The van der Waals surface area contributed by atoms with Crippen LogP contribution in [-0.2, 0) is 31.8 Å². The summed E-state index contributed by atoms with van der Waals surface area (Å²) < 4.78 is 47.5. The second kappa shape index (κ2) is 18.3. The zero-order valence-corrected chi connectivity index (χ0v) is 35.5. The maximum atomic E-state index is 13.8. The number of nitriles is 1. The van der Waals surface area contributed by atoms with E-state index in [4.69, 9.17) is 34.3 Å². The van der Waals surface area contributed by atoms with Gasteiger partial charge in [-0.25, -0.2) is 4.98 Å². The summed E-state index contributed by atoms with van der Waals surface area (Å²) in [6, 6.07) is 11.1. The highest BCUT2D eigenvalue weighted by atomic mass is 35.5. The maximum Gasteiger partial charge on any atom is 0.419 e. The summed E-state index contributed by atoms with van der Waals surface area (Å²) in [7, 11) is 0. The second-order valence-electron chi connectivity index (χ2n) is 15.1. The van der Waals surface area contributed by atoms with Gasteiger partial charge in [-0.15, -0.1) is 12.4 Å². The first-order valence-corrected chi connectivity index (χ1v) is 19.7. The number of aryl methyl sites for hydroxylation is 1.